The molecule has 0 spiro atoms. The van der Waals surface area contributed by atoms with Gasteiger partial charge in [0.25, 0.3) is 0 Å². The van der Waals surface area contributed by atoms with Crippen molar-refractivity contribution in [2.45, 2.75) is 39.2 Å². The Morgan fingerprint density at radius 3 is 2.54 bits per heavy atom. The van der Waals surface area contributed by atoms with Crippen LogP contribution in [-0.4, -0.2) is 42.0 Å². The predicted molar refractivity (Wildman–Crippen MR) is 87.7 cm³/mol. The van der Waals surface area contributed by atoms with Crippen LogP contribution < -0.4 is 10.1 Å². The van der Waals surface area contributed by atoms with Crippen molar-refractivity contribution < 1.29 is 32.2 Å². The van der Waals surface area contributed by atoms with Crippen LogP contribution in [0.4, 0.5) is 23.7 Å². The molecule has 1 aliphatic rings. The van der Waals surface area contributed by atoms with Gasteiger partial charge in [-0.2, -0.15) is 0 Å². The molecule has 1 aromatic carbocycles. The summed E-state index contributed by atoms with van der Waals surface area (Å²) in [4.78, 5) is 25.8. The van der Waals surface area contributed by atoms with Gasteiger partial charge in [0.2, 0.25) is 5.91 Å². The van der Waals surface area contributed by atoms with Gasteiger partial charge in [0.05, 0.1) is 5.92 Å². The number of anilines is 1. The summed E-state index contributed by atoms with van der Waals surface area (Å²) < 4.78 is 45.9. The number of benzene rings is 1. The summed E-state index contributed by atoms with van der Waals surface area (Å²) in [5.41, 5.74) is -0.441. The molecule has 1 aliphatic heterocycles. The third-order valence-electron chi connectivity index (χ3n) is 3.55. The van der Waals surface area contributed by atoms with E-state index in [4.69, 9.17) is 4.74 Å². The first kappa shape index (κ1) is 19.9. The lowest BCUT2D eigenvalue weighted by Crippen LogP contribution is -2.36. The summed E-state index contributed by atoms with van der Waals surface area (Å²) >= 11 is 0. The first-order valence-electron chi connectivity index (χ1n) is 8.07. The van der Waals surface area contributed by atoms with Crippen molar-refractivity contribution in [2.75, 3.05) is 18.4 Å². The van der Waals surface area contributed by atoms with Crippen molar-refractivity contribution in [1.82, 2.24) is 4.90 Å². The topological polar surface area (TPSA) is 67.9 Å². The van der Waals surface area contributed by atoms with E-state index in [-0.39, 0.29) is 18.1 Å². The average Bonchev–Trinajstić information content (AvgIpc) is 2.93. The highest BCUT2D eigenvalue weighted by Crippen LogP contribution is 2.26. The minimum absolute atomic E-state index is 0.187. The number of hydrogen-bond acceptors (Lipinski definition) is 4. The number of rotatable bonds is 3. The van der Waals surface area contributed by atoms with Crippen LogP contribution in [0.5, 0.6) is 5.75 Å². The van der Waals surface area contributed by atoms with Crippen LogP contribution in [-0.2, 0) is 9.53 Å². The SMILES string of the molecule is CC(C)(C)OC(=O)N1CC[C@@H](C(=O)Nc2cccc(OC(F)(F)F)c2)C1. The lowest BCUT2D eigenvalue weighted by Gasteiger charge is -2.24. The lowest BCUT2D eigenvalue weighted by atomic mass is 10.1. The van der Waals surface area contributed by atoms with Crippen molar-refractivity contribution in [3.8, 4) is 5.75 Å². The highest BCUT2D eigenvalue weighted by Gasteiger charge is 2.34. The molecular formula is C17H21F3N2O4. The molecule has 144 valence electrons. The smallest absolute Gasteiger partial charge is 0.444 e. The van der Waals surface area contributed by atoms with E-state index in [2.05, 4.69) is 10.1 Å². The Morgan fingerprint density at radius 2 is 1.92 bits per heavy atom. The Balaban J connectivity index is 1.93. The van der Waals surface area contributed by atoms with Crippen molar-refractivity contribution in [2.24, 2.45) is 5.92 Å². The van der Waals surface area contributed by atoms with E-state index < -0.39 is 29.7 Å². The monoisotopic (exact) mass is 374 g/mol. The molecule has 1 N–H and O–H groups in total. The molecule has 26 heavy (non-hydrogen) atoms. The molecule has 0 bridgehead atoms. The number of hydrogen-bond donors (Lipinski definition) is 1. The zero-order valence-electron chi connectivity index (χ0n) is 14.7. The van der Waals surface area contributed by atoms with E-state index in [1.54, 1.807) is 20.8 Å². The molecular weight excluding hydrogens is 353 g/mol. The van der Waals surface area contributed by atoms with Gasteiger partial charge in [-0.15, -0.1) is 13.2 Å². The second kappa shape index (κ2) is 7.43. The summed E-state index contributed by atoms with van der Waals surface area (Å²) in [6, 6.07) is 5.04. The fourth-order valence-electron chi connectivity index (χ4n) is 2.48. The second-order valence-corrected chi connectivity index (χ2v) is 6.98. The fourth-order valence-corrected chi connectivity index (χ4v) is 2.48. The largest absolute Gasteiger partial charge is 0.573 e. The molecule has 0 aromatic heterocycles. The van der Waals surface area contributed by atoms with Gasteiger partial charge in [-0.25, -0.2) is 4.79 Å². The molecule has 0 aliphatic carbocycles. The number of nitrogens with one attached hydrogen (secondary N) is 1. The van der Waals surface area contributed by atoms with E-state index in [1.165, 1.54) is 17.0 Å². The highest BCUT2D eigenvalue weighted by molar-refractivity contribution is 5.93. The molecule has 1 atom stereocenters. The molecule has 2 rings (SSSR count). The number of halogens is 3. The number of nitrogens with zero attached hydrogens (tertiary/aromatic N) is 1. The Labute approximate surface area is 149 Å². The molecule has 1 saturated heterocycles. The standard InChI is InChI=1S/C17H21F3N2O4/c1-16(2,3)26-15(24)22-8-7-11(10-22)14(23)21-12-5-4-6-13(9-12)25-17(18,19)20/h4-6,9,11H,7-8,10H2,1-3H3,(H,21,23)/t11-/m1/s1. The van der Waals surface area contributed by atoms with Crippen molar-refractivity contribution in [1.29, 1.82) is 0 Å². The minimum atomic E-state index is -4.80. The van der Waals surface area contributed by atoms with Gasteiger partial charge in [0, 0.05) is 24.8 Å². The Morgan fingerprint density at radius 1 is 1.23 bits per heavy atom. The lowest BCUT2D eigenvalue weighted by molar-refractivity contribution is -0.274. The van der Waals surface area contributed by atoms with E-state index in [0.717, 1.165) is 12.1 Å². The van der Waals surface area contributed by atoms with Gasteiger partial charge >= 0.3 is 12.5 Å². The molecule has 1 aromatic rings. The number of amides is 2. The van der Waals surface area contributed by atoms with Crippen LogP contribution in [0.3, 0.4) is 0 Å². The molecule has 1 heterocycles. The Bertz CT molecular complexity index is 671. The maximum Gasteiger partial charge on any atom is 0.573 e. The molecule has 1 fully saturated rings. The minimum Gasteiger partial charge on any atom is -0.444 e. The van der Waals surface area contributed by atoms with Gasteiger partial charge in [-0.3, -0.25) is 4.79 Å². The summed E-state index contributed by atoms with van der Waals surface area (Å²) in [6.07, 6.45) is -4.85. The van der Waals surface area contributed by atoms with Gasteiger partial charge in [0.1, 0.15) is 11.4 Å². The van der Waals surface area contributed by atoms with Crippen LogP contribution in [0.1, 0.15) is 27.2 Å². The maximum absolute atomic E-state index is 12.3. The molecule has 0 saturated carbocycles. The molecule has 2 amide bonds. The predicted octanol–water partition coefficient (Wildman–Crippen LogP) is 3.78. The van der Waals surface area contributed by atoms with Crippen molar-refractivity contribution >= 4 is 17.7 Å². The van der Waals surface area contributed by atoms with E-state index in [9.17, 15) is 22.8 Å². The zero-order valence-corrected chi connectivity index (χ0v) is 14.7. The van der Waals surface area contributed by atoms with Gasteiger partial charge < -0.3 is 19.7 Å². The van der Waals surface area contributed by atoms with Gasteiger partial charge in [0.15, 0.2) is 0 Å². The third kappa shape index (κ3) is 6.12. The maximum atomic E-state index is 12.3. The summed E-state index contributed by atoms with van der Waals surface area (Å²) in [5, 5.41) is 2.55. The molecule has 0 radical (unpaired) electrons. The summed E-state index contributed by atoms with van der Waals surface area (Å²) in [6.45, 7) is 5.83. The van der Waals surface area contributed by atoms with Crippen LogP contribution in [0.2, 0.25) is 0 Å². The zero-order chi connectivity index (χ0) is 19.5. The fraction of sp³-hybridized carbons (Fsp3) is 0.529. The molecule has 0 unspecified atom stereocenters. The van der Waals surface area contributed by atoms with Gasteiger partial charge in [-0.05, 0) is 39.3 Å². The van der Waals surface area contributed by atoms with Crippen LogP contribution in [0.25, 0.3) is 0 Å². The van der Waals surface area contributed by atoms with E-state index in [0.29, 0.717) is 13.0 Å². The van der Waals surface area contributed by atoms with Crippen molar-refractivity contribution in [3.63, 3.8) is 0 Å². The van der Waals surface area contributed by atoms with Crippen LogP contribution in [0.15, 0.2) is 24.3 Å². The first-order valence-corrected chi connectivity index (χ1v) is 8.07. The molecule has 9 heteroatoms. The Kier molecular flexibility index (Phi) is 5.68. The van der Waals surface area contributed by atoms with Crippen molar-refractivity contribution in [3.05, 3.63) is 24.3 Å². The van der Waals surface area contributed by atoms with E-state index in [1.807, 2.05) is 0 Å². The second-order valence-electron chi connectivity index (χ2n) is 6.98. The quantitative estimate of drug-likeness (QED) is 0.874. The summed E-state index contributed by atoms with van der Waals surface area (Å²) in [7, 11) is 0. The normalized spacial score (nSPS) is 17.8. The summed E-state index contributed by atoms with van der Waals surface area (Å²) in [5.74, 6) is -1.26. The molecule has 6 nitrogen and oxygen atoms in total. The number of likely N-dealkylation sites (tertiary alicyclic amines) is 1. The van der Waals surface area contributed by atoms with E-state index >= 15 is 0 Å². The van der Waals surface area contributed by atoms with Gasteiger partial charge in [-0.1, -0.05) is 6.07 Å². The number of carbonyl (C=O) groups excluding carboxylic acids is 2. The number of carbonyl (C=O) groups is 2. The van der Waals surface area contributed by atoms with Crippen LogP contribution in [0, 0.1) is 5.92 Å². The third-order valence-corrected chi connectivity index (χ3v) is 3.55. The average molecular weight is 374 g/mol. The number of alkyl halides is 3. The number of ether oxygens (including phenoxy) is 2. The highest BCUT2D eigenvalue weighted by atomic mass is 19.4. The Hall–Kier alpha value is -2.45. The van der Waals surface area contributed by atoms with Crippen LogP contribution >= 0.6 is 0 Å². The first-order chi connectivity index (χ1) is 11.9.